The number of aryl methyl sites for hydroxylation is 1. The van der Waals surface area contributed by atoms with Crippen molar-refractivity contribution >= 4 is 29.3 Å². The summed E-state index contributed by atoms with van der Waals surface area (Å²) in [5.41, 5.74) is 2.34. The molecule has 0 saturated heterocycles. The number of rotatable bonds is 5. The van der Waals surface area contributed by atoms with E-state index >= 15 is 0 Å². The van der Waals surface area contributed by atoms with Crippen molar-refractivity contribution in [3.63, 3.8) is 0 Å². The van der Waals surface area contributed by atoms with Gasteiger partial charge in [0.25, 0.3) is 0 Å². The van der Waals surface area contributed by atoms with E-state index in [0.717, 1.165) is 5.56 Å². The zero-order valence-corrected chi connectivity index (χ0v) is 17.3. The average Bonchev–Trinajstić information content (AvgIpc) is 3.26. The topological polar surface area (TPSA) is 83.7 Å². The van der Waals surface area contributed by atoms with Gasteiger partial charge < -0.3 is 18.6 Å². The van der Waals surface area contributed by atoms with Crippen LogP contribution in [0.1, 0.15) is 27.2 Å². The van der Waals surface area contributed by atoms with Gasteiger partial charge in [0.05, 0.1) is 18.6 Å². The van der Waals surface area contributed by atoms with Crippen molar-refractivity contribution in [1.82, 2.24) is 9.97 Å². The molecule has 3 heterocycles. The Morgan fingerprint density at radius 3 is 2.97 bits per heavy atom. The van der Waals surface area contributed by atoms with E-state index in [2.05, 4.69) is 9.97 Å². The third-order valence-corrected chi connectivity index (χ3v) is 5.21. The summed E-state index contributed by atoms with van der Waals surface area (Å²) in [6.45, 7) is 2.29. The van der Waals surface area contributed by atoms with Crippen LogP contribution in [0.4, 0.5) is 0 Å². The van der Waals surface area contributed by atoms with Crippen LogP contribution in [0.3, 0.4) is 0 Å². The van der Waals surface area contributed by atoms with E-state index < -0.39 is 5.97 Å². The highest BCUT2D eigenvalue weighted by atomic mass is 35.5. The van der Waals surface area contributed by atoms with Gasteiger partial charge in [0.1, 0.15) is 22.9 Å². The fourth-order valence-corrected chi connectivity index (χ4v) is 3.90. The first-order valence-corrected chi connectivity index (χ1v) is 10.3. The first-order chi connectivity index (χ1) is 14.1. The molecule has 0 amide bonds. The normalized spacial score (nSPS) is 12.9. The number of hydrogen-bond acceptors (Lipinski definition) is 8. The minimum absolute atomic E-state index is 0.00885. The maximum atomic E-state index is 12.8. The lowest BCUT2D eigenvalue weighted by molar-refractivity contribution is -0.0180. The van der Waals surface area contributed by atoms with Gasteiger partial charge in [-0.25, -0.2) is 14.8 Å². The molecule has 9 heteroatoms. The minimum atomic E-state index is -0.515. The zero-order chi connectivity index (χ0) is 20.4. The quantitative estimate of drug-likeness (QED) is 0.327. The van der Waals surface area contributed by atoms with E-state index in [1.54, 1.807) is 37.5 Å². The molecule has 0 aliphatic carbocycles. The van der Waals surface area contributed by atoms with Crippen LogP contribution in [0.5, 0.6) is 5.75 Å². The Kier molecular flexibility index (Phi) is 5.75. The van der Waals surface area contributed by atoms with Gasteiger partial charge in [0.15, 0.2) is 18.4 Å². The molecular formula is C20H17ClN2O5S. The Morgan fingerprint density at radius 1 is 1.34 bits per heavy atom. The molecule has 0 radical (unpaired) electrons. The Labute approximate surface area is 176 Å². The fourth-order valence-electron chi connectivity index (χ4n) is 3.02. The van der Waals surface area contributed by atoms with Crippen LogP contribution < -0.4 is 4.74 Å². The summed E-state index contributed by atoms with van der Waals surface area (Å²) >= 11 is 7.51. The van der Waals surface area contributed by atoms with Crippen molar-refractivity contribution in [3.8, 4) is 17.3 Å². The van der Waals surface area contributed by atoms with E-state index in [9.17, 15) is 4.79 Å². The highest BCUT2D eigenvalue weighted by Crippen LogP contribution is 2.33. The van der Waals surface area contributed by atoms with Crippen LogP contribution in [0.25, 0.3) is 11.6 Å². The van der Waals surface area contributed by atoms with Crippen LogP contribution in [0, 0.1) is 6.92 Å². The standard InChI is InChI=1S/C20H17ClN2O5S/c1-11-16(19(29-2)23-18(22-11)15-4-3-5-26-15)20(24)27-9-13-7-14(21)6-12-8-25-10-28-17(12)13/h3-7H,8-10H2,1-2H3. The van der Waals surface area contributed by atoms with Crippen molar-refractivity contribution in [2.24, 2.45) is 0 Å². The highest BCUT2D eigenvalue weighted by molar-refractivity contribution is 7.98. The van der Waals surface area contributed by atoms with E-state index in [0.29, 0.717) is 50.8 Å². The number of thioether (sulfide) groups is 1. The van der Waals surface area contributed by atoms with Crippen molar-refractivity contribution in [1.29, 1.82) is 0 Å². The van der Waals surface area contributed by atoms with Gasteiger partial charge in [0, 0.05) is 16.1 Å². The summed E-state index contributed by atoms with van der Waals surface area (Å²) in [4.78, 5) is 21.7. The molecule has 150 valence electrons. The number of carbonyl (C=O) groups is 1. The predicted octanol–water partition coefficient (Wildman–Crippen LogP) is 4.64. The molecule has 7 nitrogen and oxygen atoms in total. The Morgan fingerprint density at radius 2 is 2.21 bits per heavy atom. The summed E-state index contributed by atoms with van der Waals surface area (Å²) in [7, 11) is 0. The molecule has 29 heavy (non-hydrogen) atoms. The summed E-state index contributed by atoms with van der Waals surface area (Å²) in [5, 5.41) is 1.04. The molecule has 3 aromatic rings. The zero-order valence-electron chi connectivity index (χ0n) is 15.7. The average molecular weight is 433 g/mol. The number of hydrogen-bond donors (Lipinski definition) is 0. The maximum absolute atomic E-state index is 12.8. The lowest BCUT2D eigenvalue weighted by Crippen LogP contribution is -2.15. The van der Waals surface area contributed by atoms with Crippen molar-refractivity contribution < 1.29 is 23.4 Å². The van der Waals surface area contributed by atoms with Crippen LogP contribution in [-0.2, 0) is 22.7 Å². The summed E-state index contributed by atoms with van der Waals surface area (Å²) in [6.07, 6.45) is 3.39. The van der Waals surface area contributed by atoms with Crippen LogP contribution in [0.15, 0.2) is 40.0 Å². The lowest BCUT2D eigenvalue weighted by Gasteiger charge is -2.21. The third-order valence-electron chi connectivity index (χ3n) is 4.31. The number of halogens is 1. The van der Waals surface area contributed by atoms with Crippen molar-refractivity contribution in [2.75, 3.05) is 13.0 Å². The monoisotopic (exact) mass is 432 g/mol. The molecule has 0 atom stereocenters. The van der Waals surface area contributed by atoms with Crippen LogP contribution in [-0.4, -0.2) is 29.0 Å². The molecule has 0 unspecified atom stereocenters. The molecule has 0 N–H and O–H groups in total. The Bertz CT molecular complexity index is 1060. The molecule has 0 fully saturated rings. The van der Waals surface area contributed by atoms with E-state index in [1.807, 2.05) is 6.26 Å². The Hall–Kier alpha value is -2.55. The van der Waals surface area contributed by atoms with Gasteiger partial charge in [-0.3, -0.25) is 0 Å². The van der Waals surface area contributed by atoms with Gasteiger partial charge in [-0.1, -0.05) is 11.6 Å². The maximum Gasteiger partial charge on any atom is 0.343 e. The van der Waals surface area contributed by atoms with Gasteiger partial charge in [-0.05, 0) is 37.4 Å². The molecule has 1 aliphatic rings. The second-order valence-electron chi connectivity index (χ2n) is 6.23. The van der Waals surface area contributed by atoms with E-state index in [4.69, 9.17) is 30.2 Å². The molecule has 1 aromatic carbocycles. The molecule has 0 bridgehead atoms. The molecule has 4 rings (SSSR count). The predicted molar refractivity (Wildman–Crippen MR) is 107 cm³/mol. The molecule has 0 saturated carbocycles. The lowest BCUT2D eigenvalue weighted by atomic mass is 10.1. The van der Waals surface area contributed by atoms with Gasteiger partial charge in [-0.15, -0.1) is 11.8 Å². The SMILES string of the molecule is CSc1nc(-c2ccco2)nc(C)c1C(=O)OCc1cc(Cl)cc2c1OCOC2. The number of carbonyl (C=O) groups excluding carboxylic acids is 1. The largest absolute Gasteiger partial charge is 0.467 e. The number of aromatic nitrogens is 2. The summed E-state index contributed by atoms with van der Waals surface area (Å²) < 4.78 is 21.7. The fraction of sp³-hybridized carbons (Fsp3) is 0.250. The smallest absolute Gasteiger partial charge is 0.343 e. The minimum Gasteiger partial charge on any atom is -0.467 e. The van der Waals surface area contributed by atoms with E-state index in [-0.39, 0.29) is 13.4 Å². The number of fused-ring (bicyclic) bond motifs is 1. The highest BCUT2D eigenvalue weighted by Gasteiger charge is 2.23. The van der Waals surface area contributed by atoms with Gasteiger partial charge in [0.2, 0.25) is 0 Å². The summed E-state index contributed by atoms with van der Waals surface area (Å²) in [6, 6.07) is 7.02. The van der Waals surface area contributed by atoms with Crippen molar-refractivity contribution in [2.45, 2.75) is 25.2 Å². The van der Waals surface area contributed by atoms with E-state index in [1.165, 1.54) is 11.8 Å². The van der Waals surface area contributed by atoms with Gasteiger partial charge >= 0.3 is 5.97 Å². The third kappa shape index (κ3) is 4.10. The molecule has 1 aliphatic heterocycles. The Balaban J connectivity index is 1.59. The summed E-state index contributed by atoms with van der Waals surface area (Å²) in [5.74, 6) is 1.08. The number of benzene rings is 1. The van der Waals surface area contributed by atoms with Crippen LogP contribution in [0.2, 0.25) is 5.02 Å². The first kappa shape index (κ1) is 19.8. The number of nitrogens with zero attached hydrogens (tertiary/aromatic N) is 2. The first-order valence-electron chi connectivity index (χ1n) is 8.72. The second kappa shape index (κ2) is 8.44. The number of furan rings is 1. The second-order valence-corrected chi connectivity index (χ2v) is 7.47. The van der Waals surface area contributed by atoms with Crippen LogP contribution >= 0.6 is 23.4 Å². The molecular weight excluding hydrogens is 416 g/mol. The van der Waals surface area contributed by atoms with Gasteiger partial charge in [-0.2, -0.15) is 0 Å². The molecule has 0 spiro atoms. The number of esters is 1. The van der Waals surface area contributed by atoms with Crippen molar-refractivity contribution in [3.05, 3.63) is 57.9 Å². The molecule has 2 aromatic heterocycles. The number of ether oxygens (including phenoxy) is 3.